The van der Waals surface area contributed by atoms with Gasteiger partial charge in [0.15, 0.2) is 0 Å². The molecule has 116 valence electrons. The average Bonchev–Trinajstić information content (AvgIpc) is 2.85. The summed E-state index contributed by atoms with van der Waals surface area (Å²) in [5, 5.41) is 16.7. The lowest BCUT2D eigenvalue weighted by atomic mass is 9.94. The second-order valence-electron chi connectivity index (χ2n) is 6.12. The van der Waals surface area contributed by atoms with Crippen molar-refractivity contribution >= 4 is 23.3 Å². The van der Waals surface area contributed by atoms with Gasteiger partial charge < -0.3 is 15.7 Å². The molecular formula is C15H22N2O3S. The lowest BCUT2D eigenvalue weighted by molar-refractivity contribution is -0.137. The van der Waals surface area contributed by atoms with Crippen molar-refractivity contribution in [2.45, 2.75) is 57.5 Å². The van der Waals surface area contributed by atoms with E-state index in [1.54, 1.807) is 11.3 Å². The Hall–Kier alpha value is -1.56. The molecule has 1 atom stereocenters. The standard InChI is InChI=1S/C15H22N2O3S/c1-15(2,8-6-13(18)19)17-14(20)16-11-4-3-5-12-10(11)7-9-21-12/h7,9,11H,3-6,8H2,1-2H3,(H,18,19)(H2,16,17,20). The van der Waals surface area contributed by atoms with Gasteiger partial charge in [-0.25, -0.2) is 4.79 Å². The van der Waals surface area contributed by atoms with Gasteiger partial charge in [0, 0.05) is 16.8 Å². The van der Waals surface area contributed by atoms with Gasteiger partial charge in [-0.15, -0.1) is 11.3 Å². The fourth-order valence-corrected chi connectivity index (χ4v) is 3.61. The second kappa shape index (κ2) is 6.47. The number of carbonyl (C=O) groups excluding carboxylic acids is 1. The molecule has 1 unspecified atom stereocenters. The van der Waals surface area contributed by atoms with Crippen LogP contribution in [0, 0.1) is 0 Å². The Morgan fingerprint density at radius 1 is 1.48 bits per heavy atom. The van der Waals surface area contributed by atoms with Crippen molar-refractivity contribution in [3.8, 4) is 0 Å². The summed E-state index contributed by atoms with van der Waals surface area (Å²) in [4.78, 5) is 24.1. The maximum Gasteiger partial charge on any atom is 0.315 e. The van der Waals surface area contributed by atoms with E-state index in [-0.39, 0.29) is 18.5 Å². The Labute approximate surface area is 128 Å². The first-order chi connectivity index (χ1) is 9.87. The third-order valence-electron chi connectivity index (χ3n) is 3.77. The van der Waals surface area contributed by atoms with Crippen LogP contribution < -0.4 is 10.6 Å². The van der Waals surface area contributed by atoms with Crippen molar-refractivity contribution in [1.82, 2.24) is 10.6 Å². The van der Waals surface area contributed by atoms with Crippen molar-refractivity contribution in [2.75, 3.05) is 0 Å². The molecule has 2 rings (SSSR count). The van der Waals surface area contributed by atoms with Crippen LogP contribution in [0.4, 0.5) is 4.79 Å². The normalized spacial score (nSPS) is 17.9. The predicted molar refractivity (Wildman–Crippen MR) is 82.6 cm³/mol. The van der Waals surface area contributed by atoms with Crippen LogP contribution in [0.15, 0.2) is 11.4 Å². The van der Waals surface area contributed by atoms with Crippen LogP contribution in [0.1, 0.15) is 56.0 Å². The molecule has 21 heavy (non-hydrogen) atoms. The molecule has 0 radical (unpaired) electrons. The number of fused-ring (bicyclic) bond motifs is 1. The number of nitrogens with one attached hydrogen (secondary N) is 2. The monoisotopic (exact) mass is 310 g/mol. The van der Waals surface area contributed by atoms with Crippen molar-refractivity contribution in [1.29, 1.82) is 0 Å². The van der Waals surface area contributed by atoms with E-state index in [4.69, 9.17) is 5.11 Å². The summed E-state index contributed by atoms with van der Waals surface area (Å²) in [6.07, 6.45) is 3.58. The highest BCUT2D eigenvalue weighted by Crippen LogP contribution is 2.33. The Morgan fingerprint density at radius 2 is 2.24 bits per heavy atom. The molecule has 3 N–H and O–H groups in total. The third-order valence-corrected chi connectivity index (χ3v) is 4.77. The van der Waals surface area contributed by atoms with E-state index in [1.165, 1.54) is 10.4 Å². The van der Waals surface area contributed by atoms with Crippen LogP contribution >= 0.6 is 11.3 Å². The van der Waals surface area contributed by atoms with Crippen LogP contribution in [-0.2, 0) is 11.2 Å². The quantitative estimate of drug-likeness (QED) is 0.782. The van der Waals surface area contributed by atoms with E-state index in [1.807, 2.05) is 13.8 Å². The van der Waals surface area contributed by atoms with Gasteiger partial charge in [0.25, 0.3) is 0 Å². The summed E-state index contributed by atoms with van der Waals surface area (Å²) in [6.45, 7) is 3.68. The summed E-state index contributed by atoms with van der Waals surface area (Å²) < 4.78 is 0. The van der Waals surface area contributed by atoms with Gasteiger partial charge in [-0.1, -0.05) is 0 Å². The number of hydrogen-bond donors (Lipinski definition) is 3. The third kappa shape index (κ3) is 4.46. The Morgan fingerprint density at radius 3 is 2.95 bits per heavy atom. The first-order valence-electron chi connectivity index (χ1n) is 7.24. The summed E-state index contributed by atoms with van der Waals surface area (Å²) in [6, 6.07) is 1.92. The summed E-state index contributed by atoms with van der Waals surface area (Å²) in [7, 11) is 0. The number of carboxylic acid groups (broad SMARTS) is 1. The van der Waals surface area contributed by atoms with Gasteiger partial charge in [0.2, 0.25) is 0 Å². The lowest BCUT2D eigenvalue weighted by Crippen LogP contribution is -2.49. The van der Waals surface area contributed by atoms with Crippen LogP contribution in [0.25, 0.3) is 0 Å². The van der Waals surface area contributed by atoms with Gasteiger partial charge in [0.1, 0.15) is 0 Å². The molecule has 1 aromatic rings. The number of hydrogen-bond acceptors (Lipinski definition) is 3. The van der Waals surface area contributed by atoms with Gasteiger partial charge >= 0.3 is 12.0 Å². The molecule has 1 aromatic heterocycles. The average molecular weight is 310 g/mol. The van der Waals surface area contributed by atoms with Crippen LogP contribution in [0.5, 0.6) is 0 Å². The highest BCUT2D eigenvalue weighted by Gasteiger charge is 2.26. The number of urea groups is 1. The minimum absolute atomic E-state index is 0.0470. The minimum Gasteiger partial charge on any atom is -0.481 e. The predicted octanol–water partition coefficient (Wildman–Crippen LogP) is 3.07. The van der Waals surface area contributed by atoms with Gasteiger partial charge in [-0.3, -0.25) is 4.79 Å². The zero-order valence-electron chi connectivity index (χ0n) is 12.4. The summed E-state index contributed by atoms with van der Waals surface area (Å²) in [5.41, 5.74) is 0.693. The SMILES string of the molecule is CC(C)(CCC(=O)O)NC(=O)NC1CCCc2sccc21. The lowest BCUT2D eigenvalue weighted by Gasteiger charge is -2.29. The number of carbonyl (C=O) groups is 2. The molecule has 0 fully saturated rings. The number of rotatable bonds is 5. The highest BCUT2D eigenvalue weighted by molar-refractivity contribution is 7.10. The molecule has 0 spiro atoms. The first kappa shape index (κ1) is 15.8. The second-order valence-corrected chi connectivity index (χ2v) is 7.12. The number of aliphatic carboxylic acids is 1. The van der Waals surface area contributed by atoms with E-state index in [0.717, 1.165) is 19.3 Å². The summed E-state index contributed by atoms with van der Waals surface area (Å²) in [5.74, 6) is -0.847. The zero-order chi connectivity index (χ0) is 15.5. The zero-order valence-corrected chi connectivity index (χ0v) is 13.3. The first-order valence-corrected chi connectivity index (χ1v) is 8.12. The molecule has 0 aromatic carbocycles. The number of amides is 2. The number of thiophene rings is 1. The van der Waals surface area contributed by atoms with Crippen LogP contribution in [-0.4, -0.2) is 22.6 Å². The molecule has 1 aliphatic rings. The minimum atomic E-state index is -0.847. The molecule has 5 nitrogen and oxygen atoms in total. The molecule has 0 saturated carbocycles. The van der Waals surface area contributed by atoms with E-state index in [0.29, 0.717) is 6.42 Å². The van der Waals surface area contributed by atoms with Crippen molar-refractivity contribution in [2.24, 2.45) is 0 Å². The van der Waals surface area contributed by atoms with Gasteiger partial charge in [-0.2, -0.15) is 0 Å². The van der Waals surface area contributed by atoms with Crippen molar-refractivity contribution in [3.05, 3.63) is 21.9 Å². The number of aryl methyl sites for hydroxylation is 1. The fraction of sp³-hybridized carbons (Fsp3) is 0.600. The van der Waals surface area contributed by atoms with E-state index < -0.39 is 11.5 Å². The smallest absolute Gasteiger partial charge is 0.315 e. The fourth-order valence-electron chi connectivity index (χ4n) is 2.62. The molecule has 0 bridgehead atoms. The van der Waals surface area contributed by atoms with Crippen molar-refractivity contribution in [3.63, 3.8) is 0 Å². The van der Waals surface area contributed by atoms with E-state index >= 15 is 0 Å². The Bertz CT molecular complexity index is 525. The Kier molecular flexibility index (Phi) is 4.88. The molecular weight excluding hydrogens is 288 g/mol. The van der Waals surface area contributed by atoms with E-state index in [2.05, 4.69) is 22.1 Å². The maximum absolute atomic E-state index is 12.1. The maximum atomic E-state index is 12.1. The Balaban J connectivity index is 1.89. The summed E-state index contributed by atoms with van der Waals surface area (Å²) >= 11 is 1.74. The molecule has 2 amide bonds. The van der Waals surface area contributed by atoms with Gasteiger partial charge in [-0.05, 0) is 56.5 Å². The highest BCUT2D eigenvalue weighted by atomic mass is 32.1. The molecule has 0 aliphatic heterocycles. The molecule has 1 aliphatic carbocycles. The van der Waals surface area contributed by atoms with E-state index in [9.17, 15) is 9.59 Å². The number of carboxylic acids is 1. The largest absolute Gasteiger partial charge is 0.481 e. The van der Waals surface area contributed by atoms with Crippen molar-refractivity contribution < 1.29 is 14.7 Å². The molecule has 0 saturated heterocycles. The molecule has 6 heteroatoms. The van der Waals surface area contributed by atoms with Crippen LogP contribution in [0.3, 0.4) is 0 Å². The topological polar surface area (TPSA) is 78.4 Å². The molecule has 1 heterocycles. The van der Waals surface area contributed by atoms with Crippen LogP contribution in [0.2, 0.25) is 0 Å². The van der Waals surface area contributed by atoms with Gasteiger partial charge in [0.05, 0.1) is 6.04 Å².